The molecular formula is C16H16N2O4S. The summed E-state index contributed by atoms with van der Waals surface area (Å²) < 4.78 is 32.2. The number of carbonyl (C=O) groups excluding carboxylic acids is 1. The first-order valence-corrected chi connectivity index (χ1v) is 8.51. The van der Waals surface area contributed by atoms with Crippen LogP contribution in [0.5, 0.6) is 5.75 Å². The van der Waals surface area contributed by atoms with Gasteiger partial charge in [0.25, 0.3) is 10.0 Å². The Hall–Kier alpha value is -2.54. The molecule has 2 aromatic rings. The lowest BCUT2D eigenvalue weighted by atomic mass is 10.1. The van der Waals surface area contributed by atoms with Crippen LogP contribution in [0.1, 0.15) is 5.56 Å². The lowest BCUT2D eigenvalue weighted by molar-refractivity contribution is -0.105. The normalized spacial score (nSPS) is 13.5. The summed E-state index contributed by atoms with van der Waals surface area (Å²) in [6, 6.07) is 11.6. The molecule has 0 fully saturated rings. The molecule has 1 heterocycles. The minimum absolute atomic E-state index is 0.187. The van der Waals surface area contributed by atoms with E-state index in [0.29, 0.717) is 36.5 Å². The van der Waals surface area contributed by atoms with E-state index >= 15 is 0 Å². The summed E-state index contributed by atoms with van der Waals surface area (Å²) in [6.07, 6.45) is 1.16. The number of nitrogens with zero attached hydrogens (tertiary/aromatic N) is 1. The number of anilines is 2. The van der Waals surface area contributed by atoms with Crippen molar-refractivity contribution in [3.05, 3.63) is 48.0 Å². The largest absolute Gasteiger partial charge is 0.497 e. The van der Waals surface area contributed by atoms with Gasteiger partial charge in [-0.25, -0.2) is 8.42 Å². The summed E-state index contributed by atoms with van der Waals surface area (Å²) in [5.74, 6) is 0.592. The fraction of sp³-hybridized carbons (Fsp3) is 0.188. The second-order valence-electron chi connectivity index (χ2n) is 5.08. The molecule has 0 saturated carbocycles. The molecule has 0 unspecified atom stereocenters. The quantitative estimate of drug-likeness (QED) is 0.850. The molecule has 0 aromatic heterocycles. The van der Waals surface area contributed by atoms with E-state index in [9.17, 15) is 13.2 Å². The standard InChI is InChI=1S/C16H16N2O4S/c1-22-13-5-7-14(8-6-13)23(20,21)18-10-9-12-3-2-4-15(16(12)18)17-11-19/h2-8,11H,9-10H2,1H3,(H,17,19). The third-order valence-electron chi connectivity index (χ3n) is 3.82. The van der Waals surface area contributed by atoms with E-state index in [2.05, 4.69) is 5.32 Å². The number of nitrogens with one attached hydrogen (secondary N) is 1. The number of methoxy groups -OCH3 is 1. The first-order valence-electron chi connectivity index (χ1n) is 7.07. The Bertz CT molecular complexity index is 832. The number of ether oxygens (including phenoxy) is 1. The first-order chi connectivity index (χ1) is 11.1. The van der Waals surface area contributed by atoms with Crippen LogP contribution in [-0.4, -0.2) is 28.5 Å². The van der Waals surface area contributed by atoms with Crippen LogP contribution in [0.15, 0.2) is 47.4 Å². The molecule has 1 amide bonds. The second kappa shape index (κ2) is 5.92. The van der Waals surface area contributed by atoms with Crippen molar-refractivity contribution in [2.24, 2.45) is 0 Å². The number of sulfonamides is 1. The summed E-state index contributed by atoms with van der Waals surface area (Å²) in [5.41, 5.74) is 1.93. The smallest absolute Gasteiger partial charge is 0.264 e. The number of hydrogen-bond acceptors (Lipinski definition) is 4. The molecule has 0 saturated heterocycles. The summed E-state index contributed by atoms with van der Waals surface area (Å²) in [6.45, 7) is 0.348. The Morgan fingerprint density at radius 1 is 1.17 bits per heavy atom. The van der Waals surface area contributed by atoms with Gasteiger partial charge in [0, 0.05) is 6.54 Å². The van der Waals surface area contributed by atoms with Crippen molar-refractivity contribution in [2.75, 3.05) is 23.3 Å². The van der Waals surface area contributed by atoms with Crippen LogP contribution in [0, 0.1) is 0 Å². The van der Waals surface area contributed by atoms with Gasteiger partial charge in [0.05, 0.1) is 23.4 Å². The molecule has 1 N–H and O–H groups in total. The van der Waals surface area contributed by atoms with Gasteiger partial charge in [0.2, 0.25) is 6.41 Å². The zero-order chi connectivity index (χ0) is 16.4. The van der Waals surface area contributed by atoms with E-state index in [-0.39, 0.29) is 4.90 Å². The van der Waals surface area contributed by atoms with Gasteiger partial charge in [-0.3, -0.25) is 9.10 Å². The highest BCUT2D eigenvalue weighted by atomic mass is 32.2. The van der Waals surface area contributed by atoms with Gasteiger partial charge in [-0.2, -0.15) is 0 Å². The van der Waals surface area contributed by atoms with Crippen LogP contribution in [-0.2, 0) is 21.2 Å². The molecule has 2 aromatic carbocycles. The van der Waals surface area contributed by atoms with Crippen molar-refractivity contribution in [2.45, 2.75) is 11.3 Å². The predicted molar refractivity (Wildman–Crippen MR) is 87.4 cm³/mol. The molecule has 6 nitrogen and oxygen atoms in total. The zero-order valence-electron chi connectivity index (χ0n) is 12.5. The van der Waals surface area contributed by atoms with Crippen LogP contribution in [0.4, 0.5) is 11.4 Å². The number of fused-ring (bicyclic) bond motifs is 1. The molecule has 3 rings (SSSR count). The summed E-state index contributed by atoms with van der Waals surface area (Å²) in [7, 11) is -2.17. The summed E-state index contributed by atoms with van der Waals surface area (Å²) in [4.78, 5) is 11.0. The number of carbonyl (C=O) groups is 1. The molecule has 1 aliphatic heterocycles. The SMILES string of the molecule is COc1ccc(S(=O)(=O)N2CCc3cccc(NC=O)c32)cc1. The van der Waals surface area contributed by atoms with Gasteiger partial charge in [-0.1, -0.05) is 12.1 Å². The number of amides is 1. The van der Waals surface area contributed by atoms with Crippen LogP contribution < -0.4 is 14.4 Å². The predicted octanol–water partition coefficient (Wildman–Crippen LogP) is 2.01. The van der Waals surface area contributed by atoms with Gasteiger partial charge >= 0.3 is 0 Å². The molecule has 7 heteroatoms. The van der Waals surface area contributed by atoms with Crippen molar-refractivity contribution in [1.82, 2.24) is 0 Å². The second-order valence-corrected chi connectivity index (χ2v) is 6.94. The van der Waals surface area contributed by atoms with E-state index in [0.717, 1.165) is 5.56 Å². The molecule has 120 valence electrons. The lowest BCUT2D eigenvalue weighted by Gasteiger charge is -2.21. The Morgan fingerprint density at radius 3 is 2.57 bits per heavy atom. The first kappa shape index (κ1) is 15.4. The highest BCUT2D eigenvalue weighted by molar-refractivity contribution is 7.92. The minimum Gasteiger partial charge on any atom is -0.497 e. The molecule has 0 radical (unpaired) electrons. The Morgan fingerprint density at radius 2 is 1.91 bits per heavy atom. The number of para-hydroxylation sites is 1. The molecule has 0 aliphatic carbocycles. The molecule has 0 spiro atoms. The van der Waals surface area contributed by atoms with Crippen LogP contribution in [0.3, 0.4) is 0 Å². The third-order valence-corrected chi connectivity index (χ3v) is 5.63. The van der Waals surface area contributed by atoms with E-state index < -0.39 is 10.0 Å². The molecular weight excluding hydrogens is 316 g/mol. The maximum absolute atomic E-state index is 12.9. The van der Waals surface area contributed by atoms with Gasteiger partial charge < -0.3 is 10.1 Å². The van der Waals surface area contributed by atoms with Crippen LogP contribution in [0.2, 0.25) is 0 Å². The van der Waals surface area contributed by atoms with Gasteiger partial charge in [-0.15, -0.1) is 0 Å². The Labute approximate surface area is 134 Å². The van der Waals surface area contributed by atoms with E-state index in [1.807, 2.05) is 6.07 Å². The van der Waals surface area contributed by atoms with E-state index in [4.69, 9.17) is 4.74 Å². The average Bonchev–Trinajstić information content (AvgIpc) is 3.01. The van der Waals surface area contributed by atoms with Crippen molar-refractivity contribution in [3.8, 4) is 5.75 Å². The zero-order valence-corrected chi connectivity index (χ0v) is 13.3. The number of hydrogen-bond donors (Lipinski definition) is 1. The van der Waals surface area contributed by atoms with Crippen LogP contribution >= 0.6 is 0 Å². The molecule has 23 heavy (non-hydrogen) atoms. The van der Waals surface area contributed by atoms with Crippen molar-refractivity contribution in [1.29, 1.82) is 0 Å². The Balaban J connectivity index is 2.05. The highest BCUT2D eigenvalue weighted by Crippen LogP contribution is 2.38. The molecule has 0 atom stereocenters. The number of rotatable bonds is 5. The highest BCUT2D eigenvalue weighted by Gasteiger charge is 2.32. The summed E-state index contributed by atoms with van der Waals surface area (Å²) in [5, 5.41) is 2.57. The third kappa shape index (κ3) is 2.63. The minimum atomic E-state index is -3.70. The molecule has 1 aliphatic rings. The lowest BCUT2D eigenvalue weighted by Crippen LogP contribution is -2.29. The monoisotopic (exact) mass is 332 g/mol. The average molecular weight is 332 g/mol. The van der Waals surface area contributed by atoms with Gasteiger partial charge in [0.15, 0.2) is 0 Å². The van der Waals surface area contributed by atoms with E-state index in [1.54, 1.807) is 24.3 Å². The van der Waals surface area contributed by atoms with Crippen molar-refractivity contribution in [3.63, 3.8) is 0 Å². The fourth-order valence-electron chi connectivity index (χ4n) is 2.72. The van der Waals surface area contributed by atoms with Crippen molar-refractivity contribution < 1.29 is 17.9 Å². The molecule has 0 bridgehead atoms. The van der Waals surface area contributed by atoms with Gasteiger partial charge in [-0.05, 0) is 42.3 Å². The maximum Gasteiger partial charge on any atom is 0.264 e. The summed E-state index contributed by atoms with van der Waals surface area (Å²) >= 11 is 0. The topological polar surface area (TPSA) is 75.7 Å². The van der Waals surface area contributed by atoms with Gasteiger partial charge in [0.1, 0.15) is 5.75 Å². The van der Waals surface area contributed by atoms with Crippen molar-refractivity contribution >= 4 is 27.8 Å². The maximum atomic E-state index is 12.9. The fourth-order valence-corrected chi connectivity index (χ4v) is 4.24. The van der Waals surface area contributed by atoms with Crippen LogP contribution in [0.25, 0.3) is 0 Å². The number of benzene rings is 2. The van der Waals surface area contributed by atoms with E-state index in [1.165, 1.54) is 23.5 Å². The Kier molecular flexibility index (Phi) is 3.96.